The first kappa shape index (κ1) is 22.4. The van der Waals surface area contributed by atoms with Gasteiger partial charge in [-0.1, -0.05) is 12.1 Å². The van der Waals surface area contributed by atoms with E-state index in [0.29, 0.717) is 38.0 Å². The first-order chi connectivity index (χ1) is 16.1. The van der Waals surface area contributed by atoms with Crippen molar-refractivity contribution in [2.45, 2.75) is 42.4 Å². The molecule has 1 aliphatic carbocycles. The number of fused-ring (bicyclic) bond motifs is 1. The van der Waals surface area contributed by atoms with Crippen LogP contribution in [0.2, 0.25) is 0 Å². The Hall–Kier alpha value is -3.41. The van der Waals surface area contributed by atoms with Crippen LogP contribution in [0.3, 0.4) is 0 Å². The molecule has 1 aromatic carbocycles. The maximum Gasteiger partial charge on any atom is 0.433 e. The van der Waals surface area contributed by atoms with E-state index in [4.69, 9.17) is 0 Å². The molecule has 8 nitrogen and oxygen atoms in total. The summed E-state index contributed by atoms with van der Waals surface area (Å²) in [5, 5.41) is 2.51. The Labute approximate surface area is 193 Å². The molecule has 1 fully saturated rings. The van der Waals surface area contributed by atoms with Gasteiger partial charge in [0.2, 0.25) is 15.0 Å². The number of carbonyl (C=O) groups excluding carboxylic acids is 1. The Kier molecular flexibility index (Phi) is 5.34. The molecule has 0 radical (unpaired) electrons. The van der Waals surface area contributed by atoms with Gasteiger partial charge in [0.25, 0.3) is 5.91 Å². The molecule has 2 aliphatic rings. The van der Waals surface area contributed by atoms with E-state index in [9.17, 15) is 26.4 Å². The molecule has 12 heteroatoms. The second kappa shape index (κ2) is 8.12. The average molecular weight is 491 g/mol. The van der Waals surface area contributed by atoms with E-state index in [1.54, 1.807) is 11.0 Å². The number of alkyl halides is 3. The standard InChI is InChI=1S/C22H20F3N5O3S/c23-22(24,25)19-7-4-14(10-26-19)28-17-3-1-2-13-12-30(9-8-16(13)17)20(31)18-11-27-21(29-18)34(32,33)15-5-6-15/h1-4,7,10-11,15,28H,5-6,8-9,12H2,(H,27,29). The fourth-order valence-corrected chi connectivity index (χ4v) is 5.48. The quantitative estimate of drug-likeness (QED) is 0.564. The number of aromatic nitrogens is 3. The summed E-state index contributed by atoms with van der Waals surface area (Å²) in [6, 6.07) is 7.72. The van der Waals surface area contributed by atoms with Crippen LogP contribution in [0, 0.1) is 0 Å². The summed E-state index contributed by atoms with van der Waals surface area (Å²) < 4.78 is 62.9. The van der Waals surface area contributed by atoms with Gasteiger partial charge in [-0.15, -0.1) is 0 Å². The van der Waals surface area contributed by atoms with Gasteiger partial charge in [0, 0.05) is 18.8 Å². The molecule has 1 amide bonds. The van der Waals surface area contributed by atoms with Gasteiger partial charge in [-0.3, -0.25) is 4.79 Å². The summed E-state index contributed by atoms with van der Waals surface area (Å²) in [7, 11) is -3.52. The lowest BCUT2D eigenvalue weighted by molar-refractivity contribution is -0.141. The number of hydrogen-bond donors (Lipinski definition) is 2. The molecule has 3 aromatic rings. The summed E-state index contributed by atoms with van der Waals surface area (Å²) >= 11 is 0. The molecule has 0 spiro atoms. The fraction of sp³-hybridized carbons (Fsp3) is 0.318. The number of aromatic amines is 1. The van der Waals surface area contributed by atoms with Crippen molar-refractivity contribution in [2.75, 3.05) is 11.9 Å². The molecule has 0 bridgehead atoms. The fourth-order valence-electron chi connectivity index (χ4n) is 3.95. The zero-order valence-corrected chi connectivity index (χ0v) is 18.6. The Morgan fingerprint density at radius 3 is 2.59 bits per heavy atom. The zero-order chi connectivity index (χ0) is 24.1. The Morgan fingerprint density at radius 1 is 1.12 bits per heavy atom. The molecular weight excluding hydrogens is 471 g/mol. The van der Waals surface area contributed by atoms with E-state index in [1.165, 1.54) is 12.3 Å². The van der Waals surface area contributed by atoms with Gasteiger partial charge in [0.05, 0.1) is 23.3 Å². The lowest BCUT2D eigenvalue weighted by Gasteiger charge is -2.30. The number of benzene rings is 1. The van der Waals surface area contributed by atoms with Gasteiger partial charge in [-0.05, 0) is 48.6 Å². The second-order valence-corrected chi connectivity index (χ2v) is 10.5. The van der Waals surface area contributed by atoms with Crippen molar-refractivity contribution in [1.29, 1.82) is 0 Å². The summed E-state index contributed by atoms with van der Waals surface area (Å²) in [6.45, 7) is 0.693. The molecule has 0 unspecified atom stereocenters. The van der Waals surface area contributed by atoms with Gasteiger partial charge in [0.15, 0.2) is 0 Å². The van der Waals surface area contributed by atoms with Crippen LogP contribution in [0.25, 0.3) is 0 Å². The summed E-state index contributed by atoms with van der Waals surface area (Å²) in [6.07, 6.45) is -0.394. The summed E-state index contributed by atoms with van der Waals surface area (Å²) in [5.41, 5.74) is 2.14. The Balaban J connectivity index is 1.31. The van der Waals surface area contributed by atoms with E-state index in [1.807, 2.05) is 12.1 Å². The highest BCUT2D eigenvalue weighted by atomic mass is 32.2. The lowest BCUT2D eigenvalue weighted by Crippen LogP contribution is -2.36. The number of hydrogen-bond acceptors (Lipinski definition) is 6. The van der Waals surface area contributed by atoms with Crippen LogP contribution in [-0.4, -0.2) is 46.0 Å². The molecule has 5 rings (SSSR count). The van der Waals surface area contributed by atoms with Crippen molar-refractivity contribution in [3.8, 4) is 0 Å². The smallest absolute Gasteiger partial charge is 0.354 e. The normalized spacial score (nSPS) is 16.3. The highest BCUT2D eigenvalue weighted by Crippen LogP contribution is 2.33. The first-order valence-electron chi connectivity index (χ1n) is 10.6. The van der Waals surface area contributed by atoms with Gasteiger partial charge < -0.3 is 15.2 Å². The SMILES string of the molecule is O=C(c1cnc(S(=O)(=O)C2CC2)[nH]1)N1CCc2c(cccc2Nc2ccc(C(F)(F)F)nc2)C1. The van der Waals surface area contributed by atoms with Crippen molar-refractivity contribution < 1.29 is 26.4 Å². The molecule has 178 valence electrons. The van der Waals surface area contributed by atoms with E-state index in [2.05, 4.69) is 20.3 Å². The zero-order valence-electron chi connectivity index (χ0n) is 17.8. The van der Waals surface area contributed by atoms with E-state index >= 15 is 0 Å². The van der Waals surface area contributed by atoms with Gasteiger partial charge in [0.1, 0.15) is 11.4 Å². The molecule has 0 saturated heterocycles. The molecule has 0 atom stereocenters. The average Bonchev–Trinajstić information content (AvgIpc) is 3.55. The number of halogens is 3. The molecule has 34 heavy (non-hydrogen) atoms. The van der Waals surface area contributed by atoms with Crippen molar-refractivity contribution in [1.82, 2.24) is 19.9 Å². The van der Waals surface area contributed by atoms with E-state index in [-0.39, 0.29) is 16.8 Å². The number of amides is 1. The predicted molar refractivity (Wildman–Crippen MR) is 116 cm³/mol. The second-order valence-electron chi connectivity index (χ2n) is 8.32. The number of sulfone groups is 1. The van der Waals surface area contributed by atoms with Crippen LogP contribution in [0.15, 0.2) is 47.9 Å². The third kappa shape index (κ3) is 4.25. The van der Waals surface area contributed by atoms with Gasteiger partial charge in [-0.25, -0.2) is 18.4 Å². The van der Waals surface area contributed by atoms with E-state index < -0.39 is 27.0 Å². The number of nitrogens with zero attached hydrogens (tertiary/aromatic N) is 3. The monoisotopic (exact) mass is 491 g/mol. The Bertz CT molecular complexity index is 1350. The van der Waals surface area contributed by atoms with Gasteiger partial charge >= 0.3 is 6.18 Å². The van der Waals surface area contributed by atoms with Crippen LogP contribution in [-0.2, 0) is 29.0 Å². The molecule has 1 aliphatic heterocycles. The summed E-state index contributed by atoms with van der Waals surface area (Å²) in [4.78, 5) is 24.6. The number of carbonyl (C=O) groups is 1. The van der Waals surface area contributed by atoms with E-state index in [0.717, 1.165) is 29.1 Å². The van der Waals surface area contributed by atoms with Crippen LogP contribution in [0.1, 0.15) is 40.2 Å². The predicted octanol–water partition coefficient (Wildman–Crippen LogP) is 3.70. The maximum absolute atomic E-state index is 13.0. The minimum Gasteiger partial charge on any atom is -0.354 e. The first-order valence-corrected chi connectivity index (χ1v) is 12.2. The number of rotatable bonds is 5. The number of imidazole rings is 1. The van der Waals surface area contributed by atoms with Crippen molar-refractivity contribution in [3.63, 3.8) is 0 Å². The molecule has 2 aromatic heterocycles. The number of pyridine rings is 1. The van der Waals surface area contributed by atoms with Crippen molar-refractivity contribution >= 4 is 27.1 Å². The van der Waals surface area contributed by atoms with Crippen molar-refractivity contribution in [3.05, 3.63) is 65.2 Å². The highest BCUT2D eigenvalue weighted by Gasteiger charge is 2.39. The number of H-pyrrole nitrogens is 1. The van der Waals surface area contributed by atoms with Crippen LogP contribution < -0.4 is 5.32 Å². The van der Waals surface area contributed by atoms with Gasteiger partial charge in [-0.2, -0.15) is 13.2 Å². The van der Waals surface area contributed by atoms with Crippen LogP contribution in [0.4, 0.5) is 24.5 Å². The van der Waals surface area contributed by atoms with Crippen molar-refractivity contribution in [2.24, 2.45) is 0 Å². The minimum absolute atomic E-state index is 0.118. The third-order valence-electron chi connectivity index (χ3n) is 5.90. The largest absolute Gasteiger partial charge is 0.433 e. The topological polar surface area (TPSA) is 108 Å². The molecular formula is C22H20F3N5O3S. The highest BCUT2D eigenvalue weighted by molar-refractivity contribution is 7.92. The number of anilines is 2. The molecule has 3 heterocycles. The van der Waals surface area contributed by atoms with Crippen LogP contribution in [0.5, 0.6) is 0 Å². The number of nitrogens with one attached hydrogen (secondary N) is 2. The van der Waals surface area contributed by atoms with Crippen LogP contribution >= 0.6 is 0 Å². The maximum atomic E-state index is 13.0. The molecule has 1 saturated carbocycles. The Morgan fingerprint density at radius 2 is 1.91 bits per heavy atom. The lowest BCUT2D eigenvalue weighted by atomic mass is 9.97. The minimum atomic E-state index is -4.50. The third-order valence-corrected chi connectivity index (χ3v) is 8.00. The molecule has 2 N–H and O–H groups in total. The summed E-state index contributed by atoms with van der Waals surface area (Å²) in [5.74, 6) is -0.347.